The van der Waals surface area contributed by atoms with Gasteiger partial charge in [-0.15, -0.1) is 0 Å². The third kappa shape index (κ3) is 2.19. The van der Waals surface area contributed by atoms with Gasteiger partial charge >= 0.3 is 5.97 Å². The summed E-state index contributed by atoms with van der Waals surface area (Å²) in [5, 5.41) is 0.126. The summed E-state index contributed by atoms with van der Waals surface area (Å²) in [7, 11) is 1.26. The van der Waals surface area contributed by atoms with Crippen molar-refractivity contribution >= 4 is 23.3 Å². The minimum atomic E-state index is -0.614. The summed E-state index contributed by atoms with van der Waals surface area (Å²) in [6.45, 7) is 0. The van der Waals surface area contributed by atoms with Crippen LogP contribution in [0.15, 0.2) is 6.07 Å². The lowest BCUT2D eigenvalue weighted by Crippen LogP contribution is -2.10. The first-order valence-electron chi connectivity index (χ1n) is 4.83. The van der Waals surface area contributed by atoms with E-state index >= 15 is 0 Å². The Morgan fingerprint density at radius 1 is 1.62 bits per heavy atom. The summed E-state index contributed by atoms with van der Waals surface area (Å²) in [6, 6.07) is 1.50. The van der Waals surface area contributed by atoms with Crippen LogP contribution in [0.1, 0.15) is 23.3 Å². The lowest BCUT2D eigenvalue weighted by molar-refractivity contribution is 0.0595. The monoisotopic (exact) mass is 242 g/mol. The standard InChI is InChI=1S/C10H11ClN2O3/c1-15-10(14)8-6(12)4-7(9(11)13-8)16-5-2-3-5/h4-5H,2-3,12H2,1H3. The van der Waals surface area contributed by atoms with Crippen LogP contribution in [-0.4, -0.2) is 24.2 Å². The van der Waals surface area contributed by atoms with Crippen molar-refractivity contribution in [1.29, 1.82) is 0 Å². The molecule has 86 valence electrons. The van der Waals surface area contributed by atoms with Gasteiger partial charge in [0.1, 0.15) is 0 Å². The van der Waals surface area contributed by atoms with Crippen molar-refractivity contribution in [2.45, 2.75) is 18.9 Å². The topological polar surface area (TPSA) is 74.4 Å². The second kappa shape index (κ2) is 4.17. The van der Waals surface area contributed by atoms with Crippen LogP contribution in [0, 0.1) is 0 Å². The third-order valence-corrected chi connectivity index (χ3v) is 2.44. The van der Waals surface area contributed by atoms with Crippen LogP contribution in [-0.2, 0) is 4.74 Å². The van der Waals surface area contributed by atoms with Gasteiger partial charge in [0.2, 0.25) is 0 Å². The van der Waals surface area contributed by atoms with E-state index in [-0.39, 0.29) is 22.6 Å². The molecule has 0 unspecified atom stereocenters. The molecule has 1 saturated carbocycles. The largest absolute Gasteiger partial charge is 0.487 e. The number of pyridine rings is 1. The maximum Gasteiger partial charge on any atom is 0.358 e. The molecule has 0 aromatic carbocycles. The average molecular weight is 243 g/mol. The van der Waals surface area contributed by atoms with E-state index in [9.17, 15) is 4.79 Å². The van der Waals surface area contributed by atoms with Crippen LogP contribution < -0.4 is 10.5 Å². The Labute approximate surface area is 97.5 Å². The molecule has 0 atom stereocenters. The van der Waals surface area contributed by atoms with E-state index in [2.05, 4.69) is 9.72 Å². The first kappa shape index (κ1) is 11.0. The molecule has 16 heavy (non-hydrogen) atoms. The van der Waals surface area contributed by atoms with Gasteiger partial charge in [0.15, 0.2) is 16.6 Å². The Balaban J connectivity index is 2.29. The average Bonchev–Trinajstić information content (AvgIpc) is 3.05. The second-order valence-corrected chi connectivity index (χ2v) is 3.88. The molecule has 6 heteroatoms. The third-order valence-electron chi connectivity index (χ3n) is 2.17. The number of methoxy groups -OCH3 is 1. The summed E-state index contributed by atoms with van der Waals surface area (Å²) >= 11 is 5.87. The molecule has 0 radical (unpaired) electrons. The van der Waals surface area contributed by atoms with Crippen molar-refractivity contribution in [3.05, 3.63) is 16.9 Å². The number of nitrogens with zero attached hydrogens (tertiary/aromatic N) is 1. The normalized spacial score (nSPS) is 14.6. The molecule has 1 fully saturated rings. The Kier molecular flexibility index (Phi) is 2.87. The van der Waals surface area contributed by atoms with Crippen LogP contribution in [0.3, 0.4) is 0 Å². The summed E-state index contributed by atoms with van der Waals surface area (Å²) in [5.41, 5.74) is 5.87. The highest BCUT2D eigenvalue weighted by molar-refractivity contribution is 6.31. The van der Waals surface area contributed by atoms with E-state index in [0.717, 1.165) is 12.8 Å². The number of hydrogen-bond acceptors (Lipinski definition) is 5. The molecule has 1 aromatic rings. The molecule has 1 aliphatic rings. The SMILES string of the molecule is COC(=O)c1nc(Cl)c(OC2CC2)cc1N. The van der Waals surface area contributed by atoms with Crippen molar-refractivity contribution in [2.75, 3.05) is 12.8 Å². The van der Waals surface area contributed by atoms with Gasteiger partial charge in [-0.05, 0) is 12.8 Å². The van der Waals surface area contributed by atoms with Crippen molar-refractivity contribution in [3.8, 4) is 5.75 Å². The zero-order valence-corrected chi connectivity index (χ0v) is 9.45. The van der Waals surface area contributed by atoms with E-state index in [1.807, 2.05) is 0 Å². The maximum absolute atomic E-state index is 11.3. The highest BCUT2D eigenvalue weighted by atomic mass is 35.5. The summed E-state index contributed by atoms with van der Waals surface area (Å²) < 4.78 is 10.0. The number of hydrogen-bond donors (Lipinski definition) is 1. The number of carbonyl (C=O) groups is 1. The number of anilines is 1. The molecule has 2 rings (SSSR count). The first-order chi connectivity index (χ1) is 7.61. The molecule has 1 heterocycles. The zero-order chi connectivity index (χ0) is 11.7. The van der Waals surface area contributed by atoms with E-state index in [0.29, 0.717) is 5.75 Å². The van der Waals surface area contributed by atoms with Gasteiger partial charge in [0.05, 0.1) is 18.9 Å². The van der Waals surface area contributed by atoms with Gasteiger partial charge in [-0.3, -0.25) is 0 Å². The predicted octanol–water partition coefficient (Wildman–Crippen LogP) is 1.65. The Morgan fingerprint density at radius 3 is 2.88 bits per heavy atom. The lowest BCUT2D eigenvalue weighted by Gasteiger charge is -2.09. The van der Waals surface area contributed by atoms with E-state index in [1.54, 1.807) is 0 Å². The van der Waals surface area contributed by atoms with E-state index < -0.39 is 5.97 Å². The van der Waals surface area contributed by atoms with Crippen LogP contribution in [0.4, 0.5) is 5.69 Å². The fraction of sp³-hybridized carbons (Fsp3) is 0.400. The second-order valence-electron chi connectivity index (χ2n) is 3.52. The van der Waals surface area contributed by atoms with Crippen molar-refractivity contribution in [1.82, 2.24) is 4.98 Å². The van der Waals surface area contributed by atoms with Gasteiger partial charge in [-0.2, -0.15) is 0 Å². The minimum Gasteiger partial charge on any atom is -0.487 e. The van der Waals surface area contributed by atoms with Gasteiger partial charge in [-0.1, -0.05) is 11.6 Å². The molecule has 0 aliphatic heterocycles. The van der Waals surface area contributed by atoms with Crippen molar-refractivity contribution in [3.63, 3.8) is 0 Å². The fourth-order valence-electron chi connectivity index (χ4n) is 1.20. The van der Waals surface area contributed by atoms with Crippen LogP contribution in [0.2, 0.25) is 5.15 Å². The Bertz CT molecular complexity index is 432. The van der Waals surface area contributed by atoms with Gasteiger partial charge in [0, 0.05) is 6.07 Å². The highest BCUT2D eigenvalue weighted by Gasteiger charge is 2.26. The molecule has 1 aromatic heterocycles. The van der Waals surface area contributed by atoms with E-state index in [1.165, 1.54) is 13.2 Å². The van der Waals surface area contributed by atoms with Gasteiger partial charge < -0.3 is 15.2 Å². The smallest absolute Gasteiger partial charge is 0.358 e. The quantitative estimate of drug-likeness (QED) is 0.644. The van der Waals surface area contributed by atoms with Crippen LogP contribution in [0.25, 0.3) is 0 Å². The van der Waals surface area contributed by atoms with Crippen LogP contribution >= 0.6 is 11.6 Å². The number of halogens is 1. The molecular formula is C10H11ClN2O3. The van der Waals surface area contributed by atoms with Crippen molar-refractivity contribution < 1.29 is 14.3 Å². The minimum absolute atomic E-state index is 0.00986. The van der Waals surface area contributed by atoms with Gasteiger partial charge in [0.25, 0.3) is 0 Å². The Hall–Kier alpha value is -1.49. The maximum atomic E-state index is 11.3. The van der Waals surface area contributed by atoms with Gasteiger partial charge in [-0.25, -0.2) is 9.78 Å². The highest BCUT2D eigenvalue weighted by Crippen LogP contribution is 2.33. The summed E-state index contributed by atoms with van der Waals surface area (Å²) in [4.78, 5) is 15.1. The van der Waals surface area contributed by atoms with Crippen LogP contribution in [0.5, 0.6) is 5.75 Å². The molecule has 5 nitrogen and oxygen atoms in total. The molecule has 0 bridgehead atoms. The fourth-order valence-corrected chi connectivity index (χ4v) is 1.38. The number of esters is 1. The molecule has 0 spiro atoms. The molecule has 0 amide bonds. The lowest BCUT2D eigenvalue weighted by atomic mass is 10.3. The number of ether oxygens (including phenoxy) is 2. The molecule has 2 N–H and O–H groups in total. The summed E-state index contributed by atoms with van der Waals surface area (Å²) in [6.07, 6.45) is 2.21. The molecule has 0 saturated heterocycles. The number of aromatic nitrogens is 1. The summed E-state index contributed by atoms with van der Waals surface area (Å²) in [5.74, 6) is -0.202. The number of nitrogen functional groups attached to an aromatic ring is 1. The number of nitrogens with two attached hydrogens (primary N) is 1. The first-order valence-corrected chi connectivity index (χ1v) is 5.20. The van der Waals surface area contributed by atoms with Crippen molar-refractivity contribution in [2.24, 2.45) is 0 Å². The Morgan fingerprint density at radius 2 is 2.31 bits per heavy atom. The molecular weight excluding hydrogens is 232 g/mol. The molecule has 1 aliphatic carbocycles. The van der Waals surface area contributed by atoms with E-state index in [4.69, 9.17) is 22.1 Å². The number of rotatable bonds is 3. The number of carbonyl (C=O) groups excluding carboxylic acids is 1. The zero-order valence-electron chi connectivity index (χ0n) is 8.70. The predicted molar refractivity (Wildman–Crippen MR) is 58.6 cm³/mol.